The number of hydrogen-bond acceptors (Lipinski definition) is 6. The van der Waals surface area contributed by atoms with Crippen molar-refractivity contribution in [3.8, 4) is 0 Å². The van der Waals surface area contributed by atoms with Crippen molar-refractivity contribution in [2.45, 2.75) is 25.4 Å². The lowest BCUT2D eigenvalue weighted by Gasteiger charge is -2.18. The van der Waals surface area contributed by atoms with Gasteiger partial charge in [0.05, 0.1) is 0 Å². The lowest BCUT2D eigenvalue weighted by atomic mass is 10.3. The summed E-state index contributed by atoms with van der Waals surface area (Å²) in [7, 11) is 2.01. The quantitative estimate of drug-likeness (QED) is 0.876. The minimum absolute atomic E-state index is 0.317. The summed E-state index contributed by atoms with van der Waals surface area (Å²) in [6.07, 6.45) is 2.42. The van der Waals surface area contributed by atoms with Gasteiger partial charge >= 0.3 is 0 Å². The Morgan fingerprint density at radius 3 is 3.00 bits per heavy atom. The Bertz CT molecular complexity index is 550. The minimum Gasteiger partial charge on any atom is -0.368 e. The minimum atomic E-state index is 0.317. The third-order valence-electron chi connectivity index (χ3n) is 3.05. The SMILES string of the molecule is CN(Cc1ccsc1)c1cc(NC2CC2)nc(N)n1. The lowest BCUT2D eigenvalue weighted by Crippen LogP contribution is -2.19. The maximum Gasteiger partial charge on any atom is 0.223 e. The standard InChI is InChI=1S/C13H17N5S/c1-18(7-9-4-5-19-8-9)12-6-11(15-10-2-3-10)16-13(14)17-12/h4-6,8,10H,2-3,7H2,1H3,(H3,14,15,16,17). The van der Waals surface area contributed by atoms with Crippen molar-refractivity contribution in [1.29, 1.82) is 0 Å². The number of nitrogens with two attached hydrogens (primary N) is 1. The number of thiophene rings is 1. The van der Waals surface area contributed by atoms with Crippen molar-refractivity contribution in [2.75, 3.05) is 23.0 Å². The molecule has 0 atom stereocenters. The van der Waals surface area contributed by atoms with Gasteiger partial charge in [-0.15, -0.1) is 0 Å². The summed E-state index contributed by atoms with van der Waals surface area (Å²) in [6, 6.07) is 4.64. The van der Waals surface area contributed by atoms with Crippen LogP contribution in [-0.2, 0) is 6.54 Å². The molecule has 1 aliphatic rings. The van der Waals surface area contributed by atoms with Crippen LogP contribution in [0.1, 0.15) is 18.4 Å². The van der Waals surface area contributed by atoms with Crippen LogP contribution in [0, 0.1) is 0 Å². The second kappa shape index (κ2) is 5.05. The second-order valence-electron chi connectivity index (χ2n) is 4.88. The van der Waals surface area contributed by atoms with Crippen molar-refractivity contribution in [3.63, 3.8) is 0 Å². The summed E-state index contributed by atoms with van der Waals surface area (Å²) >= 11 is 1.70. The highest BCUT2D eigenvalue weighted by Gasteiger charge is 2.22. The van der Waals surface area contributed by atoms with Crippen LogP contribution in [0.25, 0.3) is 0 Å². The van der Waals surface area contributed by atoms with E-state index in [0.717, 1.165) is 18.2 Å². The summed E-state index contributed by atoms with van der Waals surface area (Å²) in [4.78, 5) is 10.6. The van der Waals surface area contributed by atoms with Crippen LogP contribution in [0.15, 0.2) is 22.9 Å². The molecule has 6 heteroatoms. The van der Waals surface area contributed by atoms with Gasteiger partial charge in [-0.2, -0.15) is 21.3 Å². The second-order valence-corrected chi connectivity index (χ2v) is 5.66. The molecule has 1 saturated carbocycles. The Kier molecular flexibility index (Phi) is 3.25. The molecule has 5 nitrogen and oxygen atoms in total. The van der Waals surface area contributed by atoms with Gasteiger partial charge in [0.25, 0.3) is 0 Å². The maximum absolute atomic E-state index is 5.78. The van der Waals surface area contributed by atoms with Gasteiger partial charge in [0.15, 0.2) is 0 Å². The normalized spacial score (nSPS) is 14.4. The molecule has 1 aliphatic carbocycles. The fourth-order valence-electron chi connectivity index (χ4n) is 1.90. The van der Waals surface area contributed by atoms with Crippen LogP contribution in [0.5, 0.6) is 0 Å². The number of hydrogen-bond donors (Lipinski definition) is 2. The molecule has 2 heterocycles. The van der Waals surface area contributed by atoms with Crippen molar-refractivity contribution < 1.29 is 0 Å². The van der Waals surface area contributed by atoms with Gasteiger partial charge in [-0.1, -0.05) is 0 Å². The highest BCUT2D eigenvalue weighted by molar-refractivity contribution is 7.07. The third-order valence-corrected chi connectivity index (χ3v) is 3.78. The van der Waals surface area contributed by atoms with E-state index in [1.807, 2.05) is 13.1 Å². The molecule has 3 rings (SSSR count). The van der Waals surface area contributed by atoms with E-state index in [0.29, 0.717) is 12.0 Å². The molecule has 0 unspecified atom stereocenters. The first-order chi connectivity index (χ1) is 9.20. The van der Waals surface area contributed by atoms with Crippen molar-refractivity contribution in [2.24, 2.45) is 0 Å². The molecule has 0 saturated heterocycles. The lowest BCUT2D eigenvalue weighted by molar-refractivity contribution is 0.896. The van der Waals surface area contributed by atoms with Gasteiger partial charge in [0, 0.05) is 25.7 Å². The van der Waals surface area contributed by atoms with Crippen molar-refractivity contribution in [3.05, 3.63) is 28.5 Å². The molecular weight excluding hydrogens is 258 g/mol. The molecule has 2 aromatic heterocycles. The number of anilines is 3. The molecule has 100 valence electrons. The summed E-state index contributed by atoms with van der Waals surface area (Å²) < 4.78 is 0. The highest BCUT2D eigenvalue weighted by Crippen LogP contribution is 2.26. The van der Waals surface area contributed by atoms with E-state index in [1.165, 1.54) is 18.4 Å². The maximum atomic E-state index is 5.78. The van der Waals surface area contributed by atoms with Gasteiger partial charge in [-0.25, -0.2) is 0 Å². The van der Waals surface area contributed by atoms with Crippen LogP contribution in [0.2, 0.25) is 0 Å². The summed E-state index contributed by atoms with van der Waals surface area (Å²) in [5.74, 6) is 1.99. The Morgan fingerprint density at radius 1 is 1.47 bits per heavy atom. The first-order valence-electron chi connectivity index (χ1n) is 6.34. The molecule has 0 spiro atoms. The number of aromatic nitrogens is 2. The predicted octanol–water partition coefficient (Wildman–Crippen LogP) is 2.33. The van der Waals surface area contributed by atoms with Crippen LogP contribution < -0.4 is 16.0 Å². The van der Waals surface area contributed by atoms with E-state index in [9.17, 15) is 0 Å². The van der Waals surface area contributed by atoms with Gasteiger partial charge in [-0.3, -0.25) is 0 Å². The Hall–Kier alpha value is -1.82. The largest absolute Gasteiger partial charge is 0.368 e. The van der Waals surface area contributed by atoms with E-state index >= 15 is 0 Å². The average Bonchev–Trinajstić information content (AvgIpc) is 3.03. The molecular formula is C13H17N5S. The van der Waals surface area contributed by atoms with Crippen LogP contribution in [0.3, 0.4) is 0 Å². The fourth-order valence-corrected chi connectivity index (χ4v) is 2.56. The fraction of sp³-hybridized carbons (Fsp3) is 0.385. The molecule has 1 fully saturated rings. The third kappa shape index (κ3) is 3.14. The van der Waals surface area contributed by atoms with E-state index in [-0.39, 0.29) is 0 Å². The predicted molar refractivity (Wildman–Crippen MR) is 79.5 cm³/mol. The van der Waals surface area contributed by atoms with E-state index in [4.69, 9.17) is 5.73 Å². The summed E-state index contributed by atoms with van der Waals surface area (Å²) in [6.45, 7) is 0.822. The number of nitrogens with one attached hydrogen (secondary N) is 1. The zero-order valence-electron chi connectivity index (χ0n) is 10.8. The summed E-state index contributed by atoms with van der Waals surface area (Å²) in [5.41, 5.74) is 7.06. The zero-order valence-corrected chi connectivity index (χ0v) is 11.7. The van der Waals surface area contributed by atoms with Crippen LogP contribution in [-0.4, -0.2) is 23.1 Å². The molecule has 0 aliphatic heterocycles. The molecule has 3 N–H and O–H groups in total. The summed E-state index contributed by atoms with van der Waals surface area (Å²) in [5, 5.41) is 7.58. The molecule has 0 amide bonds. The van der Waals surface area contributed by atoms with E-state index in [1.54, 1.807) is 11.3 Å². The number of nitrogen functional groups attached to an aromatic ring is 1. The Balaban J connectivity index is 1.76. The first kappa shape index (κ1) is 12.2. The number of nitrogens with zero attached hydrogens (tertiary/aromatic N) is 3. The van der Waals surface area contributed by atoms with E-state index < -0.39 is 0 Å². The first-order valence-corrected chi connectivity index (χ1v) is 7.28. The van der Waals surface area contributed by atoms with Gasteiger partial charge in [0.2, 0.25) is 5.95 Å². The Labute approximate surface area is 116 Å². The zero-order chi connectivity index (χ0) is 13.2. The van der Waals surface area contributed by atoms with Crippen molar-refractivity contribution >= 4 is 28.9 Å². The smallest absolute Gasteiger partial charge is 0.223 e. The van der Waals surface area contributed by atoms with Gasteiger partial charge in [0.1, 0.15) is 11.6 Å². The van der Waals surface area contributed by atoms with Crippen LogP contribution in [0.4, 0.5) is 17.6 Å². The highest BCUT2D eigenvalue weighted by atomic mass is 32.1. The van der Waals surface area contributed by atoms with Gasteiger partial charge < -0.3 is 16.0 Å². The van der Waals surface area contributed by atoms with Gasteiger partial charge in [-0.05, 0) is 35.2 Å². The molecule has 0 bridgehead atoms. The van der Waals surface area contributed by atoms with Crippen LogP contribution >= 0.6 is 11.3 Å². The van der Waals surface area contributed by atoms with Crippen molar-refractivity contribution in [1.82, 2.24) is 9.97 Å². The van der Waals surface area contributed by atoms with E-state index in [2.05, 4.69) is 37.0 Å². The molecule has 0 aromatic carbocycles. The molecule has 2 aromatic rings. The monoisotopic (exact) mass is 275 g/mol. The molecule has 0 radical (unpaired) electrons. The number of rotatable bonds is 5. The average molecular weight is 275 g/mol. The molecule has 19 heavy (non-hydrogen) atoms. The topological polar surface area (TPSA) is 67.1 Å². The Morgan fingerprint density at radius 2 is 2.32 bits per heavy atom.